The molecule has 0 fully saturated rings. The van der Waals surface area contributed by atoms with Crippen LogP contribution < -0.4 is 4.74 Å². The Hall–Kier alpha value is -1.95. The first kappa shape index (κ1) is 13.5. The van der Waals surface area contributed by atoms with Gasteiger partial charge in [-0.1, -0.05) is 28.1 Å². The third-order valence-corrected chi connectivity index (χ3v) is 2.99. The number of nitro groups is 1. The van der Waals surface area contributed by atoms with Crippen molar-refractivity contribution in [2.24, 2.45) is 0 Å². The average Bonchev–Trinajstić information content (AvgIpc) is 2.33. The summed E-state index contributed by atoms with van der Waals surface area (Å²) in [5.74, 6) is -0.635. The number of hydrogen-bond acceptors (Lipinski definition) is 3. The van der Waals surface area contributed by atoms with Crippen LogP contribution in [0, 0.1) is 22.9 Å². The molecule has 0 saturated heterocycles. The minimum atomic E-state index is -0.584. The van der Waals surface area contributed by atoms with E-state index in [1.807, 2.05) is 0 Å². The van der Waals surface area contributed by atoms with Gasteiger partial charge in [0, 0.05) is 10.0 Å². The molecule has 0 saturated carbocycles. The van der Waals surface area contributed by atoms with Crippen molar-refractivity contribution in [1.29, 1.82) is 0 Å². The van der Waals surface area contributed by atoms with E-state index in [4.69, 9.17) is 4.74 Å². The first-order chi connectivity index (χ1) is 8.99. The molecule has 0 aromatic heterocycles. The zero-order valence-electron chi connectivity index (χ0n) is 9.89. The SMILES string of the molecule is Cc1cccc(Oc2cc(Br)ccc2F)c1[N+](=O)[O-]. The van der Waals surface area contributed by atoms with Crippen molar-refractivity contribution in [1.82, 2.24) is 0 Å². The molecular weight excluding hydrogens is 317 g/mol. The number of para-hydroxylation sites is 1. The van der Waals surface area contributed by atoms with Gasteiger partial charge in [0.2, 0.25) is 5.75 Å². The molecule has 0 atom stereocenters. The van der Waals surface area contributed by atoms with Crippen LogP contribution in [0.2, 0.25) is 0 Å². The lowest BCUT2D eigenvalue weighted by atomic mass is 10.2. The van der Waals surface area contributed by atoms with Gasteiger partial charge in [0.1, 0.15) is 0 Å². The number of ether oxygens (including phenoxy) is 1. The summed E-state index contributed by atoms with van der Waals surface area (Å²) in [6, 6.07) is 8.82. The normalized spacial score (nSPS) is 10.3. The van der Waals surface area contributed by atoms with E-state index in [9.17, 15) is 14.5 Å². The van der Waals surface area contributed by atoms with E-state index in [0.29, 0.717) is 10.0 Å². The topological polar surface area (TPSA) is 52.4 Å². The highest BCUT2D eigenvalue weighted by molar-refractivity contribution is 9.10. The van der Waals surface area contributed by atoms with Gasteiger partial charge in [-0.15, -0.1) is 0 Å². The summed E-state index contributed by atoms with van der Waals surface area (Å²) in [6.45, 7) is 1.60. The first-order valence-electron chi connectivity index (χ1n) is 5.36. The lowest BCUT2D eigenvalue weighted by molar-refractivity contribution is -0.386. The number of nitro benzene ring substituents is 1. The van der Waals surface area contributed by atoms with E-state index >= 15 is 0 Å². The smallest absolute Gasteiger partial charge is 0.314 e. The van der Waals surface area contributed by atoms with Crippen molar-refractivity contribution in [3.8, 4) is 11.5 Å². The van der Waals surface area contributed by atoms with E-state index < -0.39 is 10.7 Å². The van der Waals surface area contributed by atoms with Crippen LogP contribution in [-0.2, 0) is 0 Å². The Labute approximate surface area is 117 Å². The van der Waals surface area contributed by atoms with Crippen LogP contribution in [0.15, 0.2) is 40.9 Å². The maximum atomic E-state index is 13.6. The van der Waals surface area contributed by atoms with Crippen molar-refractivity contribution < 1.29 is 14.1 Å². The minimum absolute atomic E-state index is 0.0157. The molecule has 0 heterocycles. The fourth-order valence-corrected chi connectivity index (χ4v) is 1.96. The number of rotatable bonds is 3. The van der Waals surface area contributed by atoms with Gasteiger partial charge in [-0.25, -0.2) is 4.39 Å². The number of halogens is 2. The molecule has 4 nitrogen and oxygen atoms in total. The van der Waals surface area contributed by atoms with Crippen LogP contribution in [0.4, 0.5) is 10.1 Å². The van der Waals surface area contributed by atoms with Crippen LogP contribution in [0.3, 0.4) is 0 Å². The van der Waals surface area contributed by atoms with Crippen LogP contribution in [0.5, 0.6) is 11.5 Å². The molecule has 19 heavy (non-hydrogen) atoms. The quantitative estimate of drug-likeness (QED) is 0.612. The molecule has 0 amide bonds. The Morgan fingerprint density at radius 3 is 2.68 bits per heavy atom. The van der Waals surface area contributed by atoms with Crippen molar-refractivity contribution in [2.75, 3.05) is 0 Å². The Bertz CT molecular complexity index is 646. The highest BCUT2D eigenvalue weighted by Gasteiger charge is 2.19. The molecule has 0 bridgehead atoms. The maximum absolute atomic E-state index is 13.6. The van der Waals surface area contributed by atoms with Gasteiger partial charge < -0.3 is 4.74 Å². The van der Waals surface area contributed by atoms with Crippen LogP contribution in [0.1, 0.15) is 5.56 Å². The first-order valence-corrected chi connectivity index (χ1v) is 6.15. The zero-order chi connectivity index (χ0) is 14.0. The van der Waals surface area contributed by atoms with Gasteiger partial charge in [0.15, 0.2) is 11.6 Å². The summed E-state index contributed by atoms with van der Waals surface area (Å²) in [6.07, 6.45) is 0. The van der Waals surface area contributed by atoms with Crippen molar-refractivity contribution in [3.05, 3.63) is 62.4 Å². The van der Waals surface area contributed by atoms with E-state index in [2.05, 4.69) is 15.9 Å². The molecule has 2 aromatic rings. The van der Waals surface area contributed by atoms with Gasteiger partial charge >= 0.3 is 5.69 Å². The summed E-state index contributed by atoms with van der Waals surface area (Å²) >= 11 is 3.19. The highest BCUT2D eigenvalue weighted by atomic mass is 79.9. The standard InChI is InChI=1S/C13H9BrFNO3/c1-8-3-2-4-11(13(8)16(17)18)19-12-7-9(14)5-6-10(12)15/h2-7H,1H3. The molecule has 2 aromatic carbocycles. The Kier molecular flexibility index (Phi) is 3.80. The van der Waals surface area contributed by atoms with E-state index in [1.54, 1.807) is 19.1 Å². The van der Waals surface area contributed by atoms with Crippen molar-refractivity contribution in [2.45, 2.75) is 6.92 Å². The van der Waals surface area contributed by atoms with E-state index in [-0.39, 0.29) is 17.2 Å². The monoisotopic (exact) mass is 325 g/mol. The second-order valence-electron chi connectivity index (χ2n) is 3.86. The largest absolute Gasteiger partial charge is 0.447 e. The number of benzene rings is 2. The Balaban J connectivity index is 2.46. The van der Waals surface area contributed by atoms with Crippen LogP contribution >= 0.6 is 15.9 Å². The third kappa shape index (κ3) is 2.90. The van der Waals surface area contributed by atoms with E-state index in [0.717, 1.165) is 0 Å². The Morgan fingerprint density at radius 2 is 2.00 bits per heavy atom. The fourth-order valence-electron chi connectivity index (χ4n) is 1.62. The zero-order valence-corrected chi connectivity index (χ0v) is 11.5. The molecule has 98 valence electrons. The molecular formula is C13H9BrFNO3. The molecule has 0 spiro atoms. The molecule has 2 rings (SSSR count). The van der Waals surface area contributed by atoms with E-state index in [1.165, 1.54) is 24.3 Å². The second-order valence-corrected chi connectivity index (χ2v) is 4.77. The van der Waals surface area contributed by atoms with Gasteiger partial charge in [-0.3, -0.25) is 10.1 Å². The van der Waals surface area contributed by atoms with Crippen LogP contribution in [-0.4, -0.2) is 4.92 Å². The van der Waals surface area contributed by atoms with Crippen molar-refractivity contribution in [3.63, 3.8) is 0 Å². The molecule has 0 aliphatic rings. The number of nitrogens with zero attached hydrogens (tertiary/aromatic N) is 1. The lowest BCUT2D eigenvalue weighted by Gasteiger charge is -2.08. The van der Waals surface area contributed by atoms with Gasteiger partial charge in [0.25, 0.3) is 0 Å². The molecule has 0 radical (unpaired) electrons. The molecule has 0 N–H and O–H groups in total. The predicted octanol–water partition coefficient (Wildman–Crippen LogP) is 4.60. The summed E-state index contributed by atoms with van der Waals surface area (Å²) < 4.78 is 19.5. The average molecular weight is 326 g/mol. The van der Waals surface area contributed by atoms with Gasteiger partial charge in [0.05, 0.1) is 4.92 Å². The highest BCUT2D eigenvalue weighted by Crippen LogP contribution is 2.35. The minimum Gasteiger partial charge on any atom is -0.447 e. The summed E-state index contributed by atoms with van der Waals surface area (Å²) in [4.78, 5) is 10.5. The number of aryl methyl sites for hydroxylation is 1. The predicted molar refractivity (Wildman–Crippen MR) is 72.0 cm³/mol. The fraction of sp³-hybridized carbons (Fsp3) is 0.0769. The molecule has 0 aliphatic heterocycles. The summed E-state index contributed by atoms with van der Waals surface area (Å²) in [5, 5.41) is 11.0. The summed E-state index contributed by atoms with van der Waals surface area (Å²) in [7, 11) is 0. The lowest BCUT2D eigenvalue weighted by Crippen LogP contribution is -1.97. The van der Waals surface area contributed by atoms with Crippen LogP contribution in [0.25, 0.3) is 0 Å². The van der Waals surface area contributed by atoms with Crippen molar-refractivity contribution >= 4 is 21.6 Å². The third-order valence-electron chi connectivity index (χ3n) is 2.50. The molecule has 6 heteroatoms. The Morgan fingerprint density at radius 1 is 1.26 bits per heavy atom. The molecule has 0 aliphatic carbocycles. The molecule has 0 unspecified atom stereocenters. The van der Waals surface area contributed by atoms with Gasteiger partial charge in [-0.2, -0.15) is 0 Å². The van der Waals surface area contributed by atoms with Gasteiger partial charge in [-0.05, 0) is 31.2 Å². The summed E-state index contributed by atoms with van der Waals surface area (Å²) in [5.41, 5.74) is 0.291. The second kappa shape index (κ2) is 5.36. The number of hydrogen-bond donors (Lipinski definition) is 0. The maximum Gasteiger partial charge on any atom is 0.314 e.